The van der Waals surface area contributed by atoms with Crippen LogP contribution in [0.15, 0.2) is 559 Å². The molecule has 11 heteroatoms. The molecule has 22 rings (SSSR count). The Balaban J connectivity index is 0.000000122. The topological polar surface area (TPSA) is 49.4 Å². The van der Waals surface area contributed by atoms with Crippen molar-refractivity contribution in [3.05, 3.63) is 506 Å². The van der Waals surface area contributed by atoms with Crippen molar-refractivity contribution in [2.24, 2.45) is 0 Å². The van der Waals surface area contributed by atoms with E-state index in [0.29, 0.717) is 9.79 Å². The van der Waals surface area contributed by atoms with E-state index in [2.05, 4.69) is 529 Å². The standard InChI is InChI=1S/C30H39S.C26H31S.C24H25S.C20H18NS.C19H16NS.C18H13O2S2/c1-28(2,3)22-10-16-25(17-11-22)31(26-18-12-23(13-19-26)29(4,5)6)27-20-14-24(15-21-27)30(7,8)9;1-25(2,3)20-12-16-23(17-13-20)27(22-10-8-7-9-11-22)24-18-14-21(15-19-24)26(4,5)6;1-4-10-20(11-5-1)21-16-18-24(19-17-21)25(22-12-6-2-7-13-22)23-14-8-3-9-15-23;1-15-11-13-16(14-12-15)22-19-9-5-3-7-17(19)21(2)18-8-4-6-10-20(18)22;1-14-10-12-15(13-11-14)21-18-8-4-2-6-16(18)20-17-7-3-5-9-19(17)21;19-22(20)17-12-6-4-10-15(17)21(14-8-2-1-3-9-14)16-11-5-7-13-18(16)22/h10-21H,1-9H3;7-19H,1-6H3;2-3,6-9,12-20H,1,4-5,10-11H2;3-14H,1-2H3;2-13,20H,1H3;1-13H/q6*+1. The van der Waals surface area contributed by atoms with Gasteiger partial charge in [-0.3, -0.25) is 0 Å². The van der Waals surface area contributed by atoms with Gasteiger partial charge < -0.3 is 10.2 Å². The Morgan fingerprint density at radius 1 is 0.243 bits per heavy atom. The van der Waals surface area contributed by atoms with Crippen molar-refractivity contribution >= 4 is 98.0 Å². The Morgan fingerprint density at radius 2 is 0.473 bits per heavy atom. The maximum absolute atomic E-state index is 12.9. The predicted octanol–water partition coefficient (Wildman–Crippen LogP) is 37.1. The zero-order chi connectivity index (χ0) is 104. The largest absolute Gasteiger partial charge is 0.347 e. The molecule has 1 saturated carbocycles. The Labute approximate surface area is 901 Å². The molecular formula is C137H142N2O2S7+6. The van der Waals surface area contributed by atoms with Crippen LogP contribution >= 0.6 is 0 Å². The van der Waals surface area contributed by atoms with Gasteiger partial charge in [0.25, 0.3) is 0 Å². The van der Waals surface area contributed by atoms with Crippen LogP contribution in [0.3, 0.4) is 0 Å². The third-order valence-corrected chi connectivity index (χ3v) is 43.3. The summed E-state index contributed by atoms with van der Waals surface area (Å²) in [5, 5.41) is 3.56. The quantitative estimate of drug-likeness (QED) is 0.117. The number of para-hydroxylation sites is 4. The van der Waals surface area contributed by atoms with E-state index in [1.54, 1.807) is 24.3 Å². The normalized spacial score (nSPS) is 13.8. The molecule has 3 aliphatic heterocycles. The molecule has 0 spiro atoms. The summed E-state index contributed by atoms with van der Waals surface area (Å²) in [6, 6.07) is 166. The highest BCUT2D eigenvalue weighted by atomic mass is 32.2. The van der Waals surface area contributed by atoms with E-state index in [1.807, 2.05) is 42.5 Å². The molecule has 0 saturated heterocycles. The lowest BCUT2D eigenvalue weighted by molar-refractivity contribution is 0.443. The van der Waals surface area contributed by atoms with Crippen LogP contribution in [-0.2, 0) is 102 Å². The number of aryl methyl sites for hydroxylation is 2. The van der Waals surface area contributed by atoms with Crippen LogP contribution < -0.4 is 10.2 Å². The van der Waals surface area contributed by atoms with Gasteiger partial charge in [0.05, 0.1) is 55.4 Å². The zero-order valence-corrected chi connectivity index (χ0v) is 94.8. The molecule has 4 aliphatic rings. The number of rotatable bonds is 13. The van der Waals surface area contributed by atoms with Gasteiger partial charge in [-0.2, -0.15) is 0 Å². The summed E-state index contributed by atoms with van der Waals surface area (Å²) in [6.45, 7) is 38.4. The van der Waals surface area contributed by atoms with Crippen LogP contribution in [0.25, 0.3) is 0 Å². The second-order valence-electron chi connectivity index (χ2n) is 43.5. The van der Waals surface area contributed by atoms with Crippen LogP contribution in [-0.4, -0.2) is 15.5 Å². The second kappa shape index (κ2) is 47.2. The molecule has 0 bridgehead atoms. The first-order chi connectivity index (χ1) is 71.1. The van der Waals surface area contributed by atoms with Gasteiger partial charge in [0.15, 0.2) is 88.1 Å². The minimum absolute atomic E-state index is 0.0278. The van der Waals surface area contributed by atoms with Gasteiger partial charge in [-0.05, 0) is 311 Å². The molecule has 18 aromatic carbocycles. The Bertz CT molecular complexity index is 7160. The molecule has 3 heterocycles. The van der Waals surface area contributed by atoms with Crippen LogP contribution in [0.2, 0.25) is 0 Å². The van der Waals surface area contributed by atoms with Crippen molar-refractivity contribution < 1.29 is 8.42 Å². The number of sulfone groups is 1. The minimum Gasteiger partial charge on any atom is -0.347 e. The molecule has 0 atom stereocenters. The maximum atomic E-state index is 12.9. The summed E-state index contributed by atoms with van der Waals surface area (Å²) in [5.74, 6) is 0.776. The van der Waals surface area contributed by atoms with E-state index in [0.717, 1.165) is 20.6 Å². The Morgan fingerprint density at radius 3 is 0.777 bits per heavy atom. The van der Waals surface area contributed by atoms with Crippen molar-refractivity contribution in [1.82, 2.24) is 0 Å². The average Bonchev–Trinajstić information content (AvgIpc) is 0.727. The molecule has 18 aromatic rings. The average molecular weight is 2070 g/mol. The Hall–Kier alpha value is -12.4. The van der Waals surface area contributed by atoms with E-state index in [-0.39, 0.29) is 92.4 Å². The van der Waals surface area contributed by atoms with E-state index in [4.69, 9.17) is 0 Å². The highest BCUT2D eigenvalue weighted by Gasteiger charge is 2.46. The van der Waals surface area contributed by atoms with Crippen molar-refractivity contribution in [2.45, 2.75) is 281 Å². The summed E-state index contributed by atoms with van der Waals surface area (Å²) < 4.78 is 25.8. The molecule has 1 fully saturated rings. The van der Waals surface area contributed by atoms with Crippen LogP contribution in [0.5, 0.6) is 0 Å². The predicted molar refractivity (Wildman–Crippen MR) is 635 cm³/mol. The van der Waals surface area contributed by atoms with E-state index in [9.17, 15) is 8.42 Å². The molecule has 1 aliphatic carbocycles. The number of benzene rings is 18. The molecule has 4 nitrogen and oxygen atoms in total. The van der Waals surface area contributed by atoms with Crippen LogP contribution in [0.4, 0.5) is 22.7 Å². The highest BCUT2D eigenvalue weighted by Crippen LogP contribution is 2.51. The zero-order valence-electron chi connectivity index (χ0n) is 89.1. The van der Waals surface area contributed by atoms with E-state index >= 15 is 0 Å². The number of fused-ring (bicyclic) bond motifs is 6. The van der Waals surface area contributed by atoms with E-state index < -0.39 is 9.84 Å². The molecule has 148 heavy (non-hydrogen) atoms. The lowest BCUT2D eigenvalue weighted by atomic mass is 9.84. The number of hydrogen-bond acceptors (Lipinski definition) is 4. The van der Waals surface area contributed by atoms with Gasteiger partial charge in [0.2, 0.25) is 9.84 Å². The minimum atomic E-state index is -3.44. The van der Waals surface area contributed by atoms with Gasteiger partial charge >= 0.3 is 0 Å². The van der Waals surface area contributed by atoms with Gasteiger partial charge in [0, 0.05) is 7.05 Å². The molecule has 0 amide bonds. The fourth-order valence-corrected chi connectivity index (χ4v) is 34.6. The van der Waals surface area contributed by atoms with Crippen molar-refractivity contribution in [2.75, 3.05) is 17.3 Å². The fourth-order valence-electron chi connectivity index (χ4n) is 19.1. The number of nitrogens with zero attached hydrogens (tertiary/aromatic N) is 1. The molecular weight excluding hydrogens is 1930 g/mol. The third kappa shape index (κ3) is 25.5. The monoisotopic (exact) mass is 2070 g/mol. The molecule has 0 unspecified atom stereocenters. The maximum Gasteiger partial charge on any atom is 0.216 e. The summed E-state index contributed by atoms with van der Waals surface area (Å²) in [6.07, 6.45) is 6.93. The van der Waals surface area contributed by atoms with Gasteiger partial charge in [-0.25, -0.2) is 8.42 Å². The lowest BCUT2D eigenvalue weighted by Gasteiger charge is -2.28. The van der Waals surface area contributed by atoms with Crippen LogP contribution in [0.1, 0.15) is 186 Å². The summed E-state index contributed by atoms with van der Waals surface area (Å²) in [5.41, 5.74) is 17.0. The highest BCUT2D eigenvalue weighted by molar-refractivity contribution is 8.01. The smallest absolute Gasteiger partial charge is 0.216 e. The second-order valence-corrected chi connectivity index (χ2v) is 57.4. The first-order valence-electron chi connectivity index (χ1n) is 51.8. The van der Waals surface area contributed by atoms with Gasteiger partial charge in [-0.1, -0.05) is 377 Å². The van der Waals surface area contributed by atoms with E-state index in [1.165, 1.54) is 173 Å². The fraction of sp³-hybridized carbons (Fsp3) is 0.212. The van der Waals surface area contributed by atoms with Crippen molar-refractivity contribution in [3.63, 3.8) is 0 Å². The number of hydrogen-bond donors (Lipinski definition) is 1. The first kappa shape index (κ1) is 107. The molecule has 748 valence electrons. The first-order valence-corrected chi connectivity index (χ1v) is 60.7. The summed E-state index contributed by atoms with van der Waals surface area (Å²) >= 11 is 0. The summed E-state index contributed by atoms with van der Waals surface area (Å²) in [7, 11) is -1.95. The lowest BCUT2D eigenvalue weighted by Crippen LogP contribution is -2.22. The molecule has 0 radical (unpaired) electrons. The number of anilines is 4. The SMILES string of the molecule is CC(C)(C)c1ccc([S+](c2ccc(C(C)(C)C)cc2)c2ccc(C(C)(C)C)cc2)cc1.CC(C)(C)c1ccc([S+](c2ccccc2)c2ccc(C(C)(C)C)cc2)cc1.Cc1ccc([S+]2c3ccccc3N(C)c3ccccc32)cc1.Cc1ccc([S+]2c3ccccc3Nc3ccccc32)cc1.O=S1(=O)c2ccccc2[S+](c2ccccc2)c2ccccc21.c1ccc([S+](c2ccccc2)c2ccc(C3CCCCC3)cc2)cc1. The molecule has 0 aromatic heterocycles. The molecule has 1 N–H and O–H groups in total. The van der Waals surface area contributed by atoms with Crippen LogP contribution in [0, 0.1) is 13.8 Å². The summed E-state index contributed by atoms with van der Waals surface area (Å²) in [4.78, 5) is 26.8. The van der Waals surface area contributed by atoms with Crippen molar-refractivity contribution in [1.29, 1.82) is 0 Å². The van der Waals surface area contributed by atoms with Crippen molar-refractivity contribution in [3.8, 4) is 0 Å². The Kier molecular flexibility index (Phi) is 34.1. The van der Waals surface area contributed by atoms with Gasteiger partial charge in [-0.15, -0.1) is 0 Å². The third-order valence-electron chi connectivity index (χ3n) is 27.5. The number of nitrogens with one attached hydrogen (secondary N) is 1. The van der Waals surface area contributed by atoms with Gasteiger partial charge in [0.1, 0.15) is 42.5 Å².